The van der Waals surface area contributed by atoms with Crippen molar-refractivity contribution in [2.45, 2.75) is 44.8 Å². The molecule has 0 aliphatic rings. The molecule has 0 bridgehead atoms. The average Bonchev–Trinajstić information content (AvgIpc) is 2.71. The Morgan fingerprint density at radius 2 is 1.53 bits per heavy atom. The predicted molar refractivity (Wildman–Crippen MR) is 111 cm³/mol. The van der Waals surface area contributed by atoms with Crippen LogP contribution in [-0.4, -0.2) is 69.7 Å². The Kier molecular flexibility index (Phi) is 10.1. The number of nitrogens with one attached hydrogen (secondary N) is 3. The lowest BCUT2D eigenvalue weighted by atomic mass is 10.0. The number of carboxylic acid groups (broad SMARTS) is 2. The number of carboxylic acids is 2. The van der Waals surface area contributed by atoms with E-state index in [0.717, 1.165) is 0 Å². The molecule has 3 unspecified atom stereocenters. The molecule has 32 heavy (non-hydrogen) atoms. The molecule has 0 aliphatic carbocycles. The third-order valence-electron chi connectivity index (χ3n) is 4.47. The highest BCUT2D eigenvalue weighted by Gasteiger charge is 2.27. The smallest absolute Gasteiger partial charge is 0.326 e. The van der Waals surface area contributed by atoms with Crippen LogP contribution < -0.4 is 21.7 Å². The van der Waals surface area contributed by atoms with E-state index in [4.69, 9.17) is 15.9 Å². The molecule has 0 aliphatic heterocycles. The fraction of sp³-hybridized carbons (Fsp3) is 0.450. The summed E-state index contributed by atoms with van der Waals surface area (Å²) in [6, 6.07) is 2.29. The molecule has 12 heteroatoms. The molecule has 1 aromatic carbocycles. The van der Waals surface area contributed by atoms with Gasteiger partial charge in [0.15, 0.2) is 0 Å². The van der Waals surface area contributed by atoms with Crippen LogP contribution in [0.1, 0.15) is 25.8 Å². The van der Waals surface area contributed by atoms with Crippen LogP contribution in [0.4, 0.5) is 0 Å². The summed E-state index contributed by atoms with van der Waals surface area (Å²) in [4.78, 5) is 58.7. The fourth-order valence-electron chi connectivity index (χ4n) is 2.56. The second kappa shape index (κ2) is 12.2. The first-order valence-corrected chi connectivity index (χ1v) is 9.76. The second-order valence-electron chi connectivity index (χ2n) is 7.48. The number of hydrogen-bond acceptors (Lipinski definition) is 7. The maximum atomic E-state index is 12.6. The number of hydrogen-bond donors (Lipinski definition) is 7. The van der Waals surface area contributed by atoms with Crippen LogP contribution in [0.5, 0.6) is 5.75 Å². The number of nitrogens with two attached hydrogens (primary N) is 1. The lowest BCUT2D eigenvalue weighted by molar-refractivity contribution is -0.147. The van der Waals surface area contributed by atoms with Crippen molar-refractivity contribution in [3.05, 3.63) is 29.8 Å². The Bertz CT molecular complexity index is 841. The zero-order valence-corrected chi connectivity index (χ0v) is 17.7. The van der Waals surface area contributed by atoms with E-state index < -0.39 is 60.8 Å². The molecule has 0 heterocycles. The van der Waals surface area contributed by atoms with Crippen LogP contribution in [0, 0.1) is 5.92 Å². The van der Waals surface area contributed by atoms with Crippen molar-refractivity contribution in [1.82, 2.24) is 16.0 Å². The van der Waals surface area contributed by atoms with Crippen LogP contribution in [0.2, 0.25) is 0 Å². The van der Waals surface area contributed by atoms with Gasteiger partial charge in [-0.1, -0.05) is 26.0 Å². The molecule has 8 N–H and O–H groups in total. The van der Waals surface area contributed by atoms with E-state index in [0.29, 0.717) is 5.56 Å². The molecular weight excluding hydrogens is 424 g/mol. The molecule has 0 saturated heterocycles. The maximum Gasteiger partial charge on any atom is 0.326 e. The minimum Gasteiger partial charge on any atom is -0.508 e. The number of phenols is 1. The summed E-state index contributed by atoms with van der Waals surface area (Å²) >= 11 is 0. The van der Waals surface area contributed by atoms with Gasteiger partial charge >= 0.3 is 11.9 Å². The Morgan fingerprint density at radius 1 is 0.938 bits per heavy atom. The molecule has 1 aromatic rings. The van der Waals surface area contributed by atoms with E-state index in [1.807, 2.05) is 5.32 Å². The van der Waals surface area contributed by atoms with Crippen molar-refractivity contribution in [2.75, 3.05) is 6.54 Å². The molecule has 176 valence electrons. The van der Waals surface area contributed by atoms with E-state index in [9.17, 15) is 29.1 Å². The van der Waals surface area contributed by atoms with E-state index >= 15 is 0 Å². The minimum absolute atomic E-state index is 0.0200. The van der Waals surface area contributed by atoms with Crippen molar-refractivity contribution in [2.24, 2.45) is 11.7 Å². The first-order chi connectivity index (χ1) is 14.9. The van der Waals surface area contributed by atoms with Crippen LogP contribution in [0.15, 0.2) is 24.3 Å². The van der Waals surface area contributed by atoms with Crippen LogP contribution in [-0.2, 0) is 30.4 Å². The topological polar surface area (TPSA) is 208 Å². The highest BCUT2D eigenvalue weighted by Crippen LogP contribution is 2.12. The van der Waals surface area contributed by atoms with Gasteiger partial charge < -0.3 is 37.0 Å². The quantitative estimate of drug-likeness (QED) is 0.198. The van der Waals surface area contributed by atoms with Gasteiger partial charge in [0.2, 0.25) is 17.7 Å². The van der Waals surface area contributed by atoms with Crippen molar-refractivity contribution in [3.8, 4) is 5.75 Å². The third kappa shape index (κ3) is 9.00. The van der Waals surface area contributed by atoms with Crippen molar-refractivity contribution >= 4 is 29.7 Å². The normalized spacial score (nSPS) is 13.5. The third-order valence-corrected chi connectivity index (χ3v) is 4.47. The summed E-state index contributed by atoms with van der Waals surface area (Å²) in [5.41, 5.74) is 6.43. The highest BCUT2D eigenvalue weighted by atomic mass is 16.4. The Hall–Kier alpha value is -3.67. The molecule has 3 atom stereocenters. The average molecular weight is 452 g/mol. The number of phenolic OH excluding ortho intramolecular Hbond substituents is 1. The molecule has 12 nitrogen and oxygen atoms in total. The van der Waals surface area contributed by atoms with E-state index in [1.165, 1.54) is 12.1 Å². The van der Waals surface area contributed by atoms with Crippen LogP contribution >= 0.6 is 0 Å². The highest BCUT2D eigenvalue weighted by molar-refractivity contribution is 5.93. The van der Waals surface area contributed by atoms with E-state index in [2.05, 4.69) is 10.6 Å². The zero-order valence-electron chi connectivity index (χ0n) is 17.7. The molecular formula is C20H28N4O8. The second-order valence-corrected chi connectivity index (χ2v) is 7.48. The molecule has 0 fully saturated rings. The largest absolute Gasteiger partial charge is 0.508 e. The summed E-state index contributed by atoms with van der Waals surface area (Å²) in [7, 11) is 0. The summed E-state index contributed by atoms with van der Waals surface area (Å²) in [6.45, 7) is 2.83. The standard InChI is InChI=1S/C20H28N4O8/c1-10(2)17(21)19(30)24-13(7-11-3-5-12(25)6-4-11)18(29)22-9-15(26)23-14(20(31)32)8-16(27)28/h3-6,10,13-14,17,25H,7-9,21H2,1-2H3,(H,22,29)(H,23,26)(H,24,30)(H,27,28)(H,31,32). The molecule has 1 rings (SSSR count). The maximum absolute atomic E-state index is 12.6. The number of aliphatic carboxylic acids is 2. The Labute approximate surface area is 184 Å². The zero-order chi connectivity index (χ0) is 24.4. The summed E-state index contributed by atoms with van der Waals surface area (Å²) in [6.07, 6.45) is -0.803. The fourth-order valence-corrected chi connectivity index (χ4v) is 2.56. The van der Waals surface area contributed by atoms with Crippen molar-refractivity contribution in [3.63, 3.8) is 0 Å². The van der Waals surface area contributed by atoms with Crippen LogP contribution in [0.25, 0.3) is 0 Å². The first-order valence-electron chi connectivity index (χ1n) is 9.76. The number of aromatic hydroxyl groups is 1. The molecule has 0 spiro atoms. The number of carbonyl (C=O) groups excluding carboxylic acids is 3. The Balaban J connectivity index is 2.84. The van der Waals surface area contributed by atoms with Gasteiger partial charge in [-0.25, -0.2) is 4.79 Å². The van der Waals surface area contributed by atoms with Gasteiger partial charge in [0.1, 0.15) is 17.8 Å². The van der Waals surface area contributed by atoms with Crippen molar-refractivity contribution < 1.29 is 39.3 Å². The summed E-state index contributed by atoms with van der Waals surface area (Å²) < 4.78 is 0. The van der Waals surface area contributed by atoms with E-state index in [-0.39, 0.29) is 18.1 Å². The summed E-state index contributed by atoms with van der Waals surface area (Å²) in [5, 5.41) is 33.9. The van der Waals surface area contributed by atoms with Gasteiger partial charge in [-0.2, -0.15) is 0 Å². The molecule has 0 radical (unpaired) electrons. The van der Waals surface area contributed by atoms with Gasteiger partial charge in [-0.3, -0.25) is 19.2 Å². The van der Waals surface area contributed by atoms with Gasteiger partial charge in [-0.15, -0.1) is 0 Å². The predicted octanol–water partition coefficient (Wildman–Crippen LogP) is -1.44. The summed E-state index contributed by atoms with van der Waals surface area (Å²) in [5.74, 6) is -5.35. The lowest BCUT2D eigenvalue weighted by Crippen LogP contribution is -2.55. The number of amides is 3. The Morgan fingerprint density at radius 3 is 2.03 bits per heavy atom. The number of carbonyl (C=O) groups is 5. The lowest BCUT2D eigenvalue weighted by Gasteiger charge is -2.22. The molecule has 0 aromatic heterocycles. The molecule has 0 saturated carbocycles. The SMILES string of the molecule is CC(C)C(N)C(=O)NC(Cc1ccc(O)cc1)C(=O)NCC(=O)NC(CC(=O)O)C(=O)O. The van der Waals surface area contributed by atoms with Gasteiger partial charge in [-0.05, 0) is 23.6 Å². The monoisotopic (exact) mass is 452 g/mol. The molecule has 3 amide bonds. The first kappa shape index (κ1) is 26.4. The number of rotatable bonds is 12. The van der Waals surface area contributed by atoms with Gasteiger partial charge in [0.25, 0.3) is 0 Å². The van der Waals surface area contributed by atoms with Crippen molar-refractivity contribution in [1.29, 1.82) is 0 Å². The minimum atomic E-state index is -1.66. The number of benzene rings is 1. The van der Waals surface area contributed by atoms with E-state index in [1.54, 1.807) is 26.0 Å². The van der Waals surface area contributed by atoms with Gasteiger partial charge in [0.05, 0.1) is 19.0 Å². The van der Waals surface area contributed by atoms with Crippen LogP contribution in [0.3, 0.4) is 0 Å². The van der Waals surface area contributed by atoms with Gasteiger partial charge in [0, 0.05) is 6.42 Å².